The lowest BCUT2D eigenvalue weighted by Gasteiger charge is -2.15. The van der Waals surface area contributed by atoms with E-state index in [0.29, 0.717) is 12.6 Å². The van der Waals surface area contributed by atoms with Crippen molar-refractivity contribution in [3.63, 3.8) is 0 Å². The largest absolute Gasteiger partial charge is 0.348 e. The summed E-state index contributed by atoms with van der Waals surface area (Å²) in [6, 6.07) is 4.15. The average Bonchev–Trinajstić information content (AvgIpc) is 2.27. The van der Waals surface area contributed by atoms with E-state index >= 15 is 0 Å². The molecule has 0 saturated carbocycles. The molecule has 1 rings (SSSR count). The minimum atomic E-state index is 0.0120. The fourth-order valence-electron chi connectivity index (χ4n) is 1.32. The van der Waals surface area contributed by atoms with Gasteiger partial charge in [-0.05, 0) is 24.6 Å². The van der Waals surface area contributed by atoms with Gasteiger partial charge in [-0.2, -0.15) is 0 Å². The van der Waals surface area contributed by atoms with Crippen LogP contribution in [0.1, 0.15) is 32.4 Å². The molecular weight excluding hydrogens is 202 g/mol. The van der Waals surface area contributed by atoms with Crippen molar-refractivity contribution in [2.24, 2.45) is 0 Å². The topological polar surface area (TPSA) is 54.0 Å². The first kappa shape index (κ1) is 12.6. The van der Waals surface area contributed by atoms with Gasteiger partial charge in [0.05, 0.1) is 12.6 Å². The van der Waals surface area contributed by atoms with E-state index in [1.807, 2.05) is 32.9 Å². The highest BCUT2D eigenvalue weighted by Gasteiger charge is 2.08. The third-order valence-electron chi connectivity index (χ3n) is 2.25. The summed E-state index contributed by atoms with van der Waals surface area (Å²) in [5, 5.41) is 6.00. The molecule has 88 valence electrons. The Bertz CT molecular complexity index is 324. The maximum absolute atomic E-state index is 11.5. The minimum Gasteiger partial charge on any atom is -0.348 e. The Balaban J connectivity index is 2.40. The Morgan fingerprint density at radius 2 is 1.94 bits per heavy atom. The fourth-order valence-corrected chi connectivity index (χ4v) is 1.32. The molecule has 0 fully saturated rings. The highest BCUT2D eigenvalue weighted by molar-refractivity contribution is 5.78. The van der Waals surface area contributed by atoms with Crippen LogP contribution in [0.5, 0.6) is 0 Å². The summed E-state index contributed by atoms with van der Waals surface area (Å²) in [6.45, 7) is 6.34. The van der Waals surface area contributed by atoms with E-state index in [-0.39, 0.29) is 11.9 Å². The fraction of sp³-hybridized carbons (Fsp3) is 0.500. The summed E-state index contributed by atoms with van der Waals surface area (Å²) in [7, 11) is 0. The van der Waals surface area contributed by atoms with Crippen molar-refractivity contribution in [3.8, 4) is 0 Å². The van der Waals surface area contributed by atoms with Crippen LogP contribution < -0.4 is 10.6 Å². The Labute approximate surface area is 96.5 Å². The number of rotatable bonds is 5. The zero-order chi connectivity index (χ0) is 12.0. The molecule has 1 aromatic heterocycles. The molecule has 0 radical (unpaired) electrons. The number of amides is 1. The summed E-state index contributed by atoms with van der Waals surface area (Å²) in [5.74, 6) is 0.0120. The molecule has 1 atom stereocenters. The van der Waals surface area contributed by atoms with Crippen molar-refractivity contribution in [1.29, 1.82) is 0 Å². The van der Waals surface area contributed by atoms with Crippen molar-refractivity contribution < 1.29 is 4.79 Å². The number of pyridine rings is 1. The molecular formula is C12H19N3O. The van der Waals surface area contributed by atoms with Gasteiger partial charge >= 0.3 is 0 Å². The van der Waals surface area contributed by atoms with Crippen LogP contribution in [0.25, 0.3) is 0 Å². The molecule has 4 nitrogen and oxygen atoms in total. The molecule has 0 aromatic carbocycles. The predicted molar refractivity (Wildman–Crippen MR) is 63.9 cm³/mol. The summed E-state index contributed by atoms with van der Waals surface area (Å²) < 4.78 is 0. The first-order valence-electron chi connectivity index (χ1n) is 5.52. The predicted octanol–water partition coefficient (Wildman–Crippen LogP) is 1.26. The van der Waals surface area contributed by atoms with Crippen LogP contribution in [0.3, 0.4) is 0 Å². The number of carbonyl (C=O) groups excluding carboxylic acids is 1. The minimum absolute atomic E-state index is 0.0120. The monoisotopic (exact) mass is 221 g/mol. The average molecular weight is 221 g/mol. The first-order chi connectivity index (χ1) is 7.59. The second-order valence-corrected chi connectivity index (χ2v) is 4.11. The van der Waals surface area contributed by atoms with E-state index < -0.39 is 0 Å². The number of aromatic nitrogens is 1. The van der Waals surface area contributed by atoms with Crippen LogP contribution in [-0.2, 0) is 4.79 Å². The van der Waals surface area contributed by atoms with Crippen molar-refractivity contribution in [1.82, 2.24) is 15.6 Å². The van der Waals surface area contributed by atoms with Crippen LogP contribution in [0, 0.1) is 0 Å². The lowest BCUT2D eigenvalue weighted by molar-refractivity contribution is -0.121. The van der Waals surface area contributed by atoms with Gasteiger partial charge in [0, 0.05) is 18.4 Å². The van der Waals surface area contributed by atoms with Crippen LogP contribution >= 0.6 is 0 Å². The van der Waals surface area contributed by atoms with E-state index in [4.69, 9.17) is 0 Å². The highest BCUT2D eigenvalue weighted by atomic mass is 16.1. The molecule has 1 amide bonds. The second kappa shape index (κ2) is 6.23. The van der Waals surface area contributed by atoms with Gasteiger partial charge in [-0.25, -0.2) is 0 Å². The zero-order valence-corrected chi connectivity index (χ0v) is 10.0. The lowest BCUT2D eigenvalue weighted by Crippen LogP contribution is -2.37. The molecule has 1 aromatic rings. The number of carbonyl (C=O) groups is 1. The van der Waals surface area contributed by atoms with Gasteiger partial charge in [0.2, 0.25) is 5.91 Å². The Morgan fingerprint density at radius 3 is 2.50 bits per heavy atom. The molecule has 0 saturated heterocycles. The van der Waals surface area contributed by atoms with Crippen molar-refractivity contribution in [2.75, 3.05) is 6.54 Å². The SMILES string of the molecule is CC(C)NCC(=O)NC(C)c1ccncc1. The third-order valence-corrected chi connectivity index (χ3v) is 2.25. The van der Waals surface area contributed by atoms with Gasteiger partial charge < -0.3 is 10.6 Å². The van der Waals surface area contributed by atoms with E-state index in [2.05, 4.69) is 15.6 Å². The Hall–Kier alpha value is -1.42. The Kier molecular flexibility index (Phi) is 4.92. The van der Waals surface area contributed by atoms with Crippen LogP contribution in [-0.4, -0.2) is 23.5 Å². The molecule has 4 heteroatoms. The van der Waals surface area contributed by atoms with Crippen LogP contribution in [0.15, 0.2) is 24.5 Å². The summed E-state index contributed by atoms with van der Waals surface area (Å²) in [5.41, 5.74) is 1.06. The first-order valence-corrected chi connectivity index (χ1v) is 5.52. The molecule has 1 unspecified atom stereocenters. The van der Waals surface area contributed by atoms with E-state index in [1.165, 1.54) is 0 Å². The standard InChI is InChI=1S/C12H19N3O/c1-9(2)14-8-12(16)15-10(3)11-4-6-13-7-5-11/h4-7,9-10,14H,8H2,1-3H3,(H,15,16). The van der Waals surface area contributed by atoms with Gasteiger partial charge in [-0.1, -0.05) is 13.8 Å². The summed E-state index contributed by atoms with van der Waals surface area (Å²) in [4.78, 5) is 15.5. The number of nitrogens with one attached hydrogen (secondary N) is 2. The number of hydrogen-bond donors (Lipinski definition) is 2. The van der Waals surface area contributed by atoms with E-state index in [9.17, 15) is 4.79 Å². The molecule has 0 aliphatic heterocycles. The number of hydrogen-bond acceptors (Lipinski definition) is 3. The van der Waals surface area contributed by atoms with Gasteiger partial charge in [-0.15, -0.1) is 0 Å². The lowest BCUT2D eigenvalue weighted by atomic mass is 10.1. The van der Waals surface area contributed by atoms with Crippen LogP contribution in [0.2, 0.25) is 0 Å². The maximum atomic E-state index is 11.5. The van der Waals surface area contributed by atoms with Crippen molar-refractivity contribution in [3.05, 3.63) is 30.1 Å². The van der Waals surface area contributed by atoms with Gasteiger partial charge in [0.25, 0.3) is 0 Å². The summed E-state index contributed by atoms with van der Waals surface area (Å²) >= 11 is 0. The quantitative estimate of drug-likeness (QED) is 0.787. The maximum Gasteiger partial charge on any atom is 0.234 e. The molecule has 0 spiro atoms. The third kappa shape index (κ3) is 4.40. The molecule has 16 heavy (non-hydrogen) atoms. The molecule has 0 bridgehead atoms. The van der Waals surface area contributed by atoms with E-state index in [1.54, 1.807) is 12.4 Å². The molecule has 1 heterocycles. The van der Waals surface area contributed by atoms with E-state index in [0.717, 1.165) is 5.56 Å². The normalized spacial score (nSPS) is 12.5. The molecule has 2 N–H and O–H groups in total. The van der Waals surface area contributed by atoms with Gasteiger partial charge in [0.1, 0.15) is 0 Å². The van der Waals surface area contributed by atoms with Gasteiger partial charge in [0.15, 0.2) is 0 Å². The van der Waals surface area contributed by atoms with Crippen molar-refractivity contribution in [2.45, 2.75) is 32.9 Å². The molecule has 0 aliphatic rings. The molecule has 0 aliphatic carbocycles. The number of nitrogens with zero attached hydrogens (tertiary/aromatic N) is 1. The summed E-state index contributed by atoms with van der Waals surface area (Å²) in [6.07, 6.45) is 3.45. The van der Waals surface area contributed by atoms with Crippen molar-refractivity contribution >= 4 is 5.91 Å². The highest BCUT2D eigenvalue weighted by Crippen LogP contribution is 2.09. The second-order valence-electron chi connectivity index (χ2n) is 4.11. The smallest absolute Gasteiger partial charge is 0.234 e. The zero-order valence-electron chi connectivity index (χ0n) is 10.0. The van der Waals surface area contributed by atoms with Gasteiger partial charge in [-0.3, -0.25) is 9.78 Å². The van der Waals surface area contributed by atoms with Crippen LogP contribution in [0.4, 0.5) is 0 Å². The Morgan fingerprint density at radius 1 is 1.31 bits per heavy atom.